The van der Waals surface area contributed by atoms with Gasteiger partial charge in [0, 0.05) is 62.5 Å². The molecule has 13 rings (SSSR count). The molecule has 0 amide bonds. The van der Waals surface area contributed by atoms with Gasteiger partial charge in [-0.05, 0) is 105 Å². The van der Waals surface area contributed by atoms with Crippen LogP contribution >= 0.6 is 0 Å². The molecule has 5 aliphatic carbocycles. The van der Waals surface area contributed by atoms with E-state index in [-0.39, 0.29) is 0 Å². The van der Waals surface area contributed by atoms with Crippen molar-refractivity contribution in [3.8, 4) is 0 Å². The van der Waals surface area contributed by atoms with Crippen LogP contribution in [0.15, 0.2) is 176 Å². The van der Waals surface area contributed by atoms with Crippen LogP contribution < -0.4 is 0 Å². The molecule has 0 saturated carbocycles. The van der Waals surface area contributed by atoms with Gasteiger partial charge in [-0.15, -0.1) is 0 Å². The Labute approximate surface area is 325 Å². The Morgan fingerprint density at radius 2 is 1.29 bits per heavy atom. The normalized spacial score (nSPS) is 21.8. The van der Waals surface area contributed by atoms with Gasteiger partial charge < -0.3 is 9.13 Å². The molecule has 2 nitrogen and oxygen atoms in total. The summed E-state index contributed by atoms with van der Waals surface area (Å²) in [6, 6.07) is 43.5. The summed E-state index contributed by atoms with van der Waals surface area (Å²) in [5.74, 6) is 1.40. The van der Waals surface area contributed by atoms with Gasteiger partial charge in [0.15, 0.2) is 0 Å². The summed E-state index contributed by atoms with van der Waals surface area (Å²) in [6.45, 7) is 0. The third-order valence-corrected chi connectivity index (χ3v) is 13.5. The van der Waals surface area contributed by atoms with Crippen molar-refractivity contribution in [3.63, 3.8) is 0 Å². The minimum atomic E-state index is 0.316. The van der Waals surface area contributed by atoms with E-state index in [0.717, 1.165) is 12.8 Å². The third-order valence-electron chi connectivity index (χ3n) is 13.5. The number of hydrogen-bond acceptors (Lipinski definition) is 0. The molecule has 6 aromatic carbocycles. The lowest BCUT2D eigenvalue weighted by Crippen LogP contribution is -2.18. The standard InChI is InChI=1S/C54H38N2/c1-4-15-39-33(11-1)13-9-22-49(39)56-51-21-8-6-17-42(51)47-30-35(24-28-53(47)56)34-23-27-52-46(29-34)41-16-5-7-20-50(41)55(52)37-25-26-40-44-19-10-18-43-38-14-3-2-12-36(38)31-48(54(43)44)45(40)32-37/h1-22,24-26,28-33,39-40,45H,23,27H2. The van der Waals surface area contributed by atoms with E-state index in [9.17, 15) is 0 Å². The highest BCUT2D eigenvalue weighted by molar-refractivity contribution is 6.13. The number of fused-ring (bicyclic) bond motifs is 12. The van der Waals surface area contributed by atoms with Gasteiger partial charge in [-0.3, -0.25) is 0 Å². The number of hydrogen-bond donors (Lipinski definition) is 0. The first-order valence-electron chi connectivity index (χ1n) is 20.2. The fraction of sp³-hybridized carbons (Fsp3) is 0.111. The van der Waals surface area contributed by atoms with Gasteiger partial charge >= 0.3 is 0 Å². The molecule has 0 bridgehead atoms. The van der Waals surface area contributed by atoms with Gasteiger partial charge in [0.2, 0.25) is 0 Å². The maximum atomic E-state index is 2.58. The molecule has 0 N–H and O–H groups in total. The number of para-hydroxylation sites is 2. The Bertz CT molecular complexity index is 3270. The minimum absolute atomic E-state index is 0.316. The van der Waals surface area contributed by atoms with Crippen LogP contribution in [-0.2, 0) is 6.42 Å². The lowest BCUT2D eigenvalue weighted by atomic mass is 9.82. The minimum Gasteiger partial charge on any atom is -0.313 e. The van der Waals surface area contributed by atoms with E-state index in [1.807, 2.05) is 0 Å². The molecule has 0 spiro atoms. The molecule has 0 fully saturated rings. The summed E-state index contributed by atoms with van der Waals surface area (Å²) in [7, 11) is 0. The first-order valence-corrected chi connectivity index (χ1v) is 20.2. The summed E-state index contributed by atoms with van der Waals surface area (Å²) in [5, 5.41) is 9.48. The second-order valence-electron chi connectivity index (χ2n) is 16.3. The molecule has 2 aromatic heterocycles. The zero-order valence-corrected chi connectivity index (χ0v) is 30.9. The summed E-state index contributed by atoms with van der Waals surface area (Å²) < 4.78 is 5.10. The topological polar surface area (TPSA) is 9.86 Å². The first kappa shape index (κ1) is 30.7. The lowest BCUT2D eigenvalue weighted by Gasteiger charge is -2.28. The molecule has 0 radical (unpaired) electrons. The molecular weight excluding hydrogens is 677 g/mol. The van der Waals surface area contributed by atoms with Gasteiger partial charge in [0.1, 0.15) is 0 Å². The van der Waals surface area contributed by atoms with Crippen LogP contribution in [0.3, 0.4) is 0 Å². The molecule has 264 valence electrons. The van der Waals surface area contributed by atoms with Crippen LogP contribution in [0.25, 0.3) is 77.3 Å². The molecule has 4 unspecified atom stereocenters. The number of nitrogens with zero attached hydrogens (tertiary/aromatic N) is 2. The second kappa shape index (κ2) is 11.4. The average molecular weight is 715 g/mol. The van der Waals surface area contributed by atoms with Crippen molar-refractivity contribution in [2.45, 2.75) is 24.7 Å². The molecule has 5 aliphatic rings. The van der Waals surface area contributed by atoms with Crippen molar-refractivity contribution >= 4 is 77.3 Å². The van der Waals surface area contributed by atoms with E-state index >= 15 is 0 Å². The molecule has 8 aromatic rings. The van der Waals surface area contributed by atoms with Crippen LogP contribution in [0.1, 0.15) is 46.2 Å². The maximum absolute atomic E-state index is 2.58. The smallest absolute Gasteiger partial charge is 0.0538 e. The highest BCUT2D eigenvalue weighted by Gasteiger charge is 2.35. The highest BCUT2D eigenvalue weighted by Crippen LogP contribution is 2.53. The predicted molar refractivity (Wildman–Crippen MR) is 237 cm³/mol. The first-order chi connectivity index (χ1) is 27.8. The lowest BCUT2D eigenvalue weighted by molar-refractivity contribution is 0.655. The SMILES string of the molecule is C1=CC2C=CC=C(n3c4ccccc4c4cc(C5=Cc6c(n(C7=CC8c9cc%10ccccc%10c%10cccc(c9%10)C8C=C7)c7ccccc67)CC5)ccc43)C2C=C1. The van der Waals surface area contributed by atoms with Crippen LogP contribution in [0.4, 0.5) is 0 Å². The summed E-state index contributed by atoms with van der Waals surface area (Å²) in [5.41, 5.74) is 14.9. The van der Waals surface area contributed by atoms with Crippen molar-refractivity contribution in [3.05, 3.63) is 204 Å². The molecule has 2 heteroatoms. The second-order valence-corrected chi connectivity index (χ2v) is 16.3. The molecule has 4 atom stereocenters. The van der Waals surface area contributed by atoms with Crippen molar-refractivity contribution in [2.75, 3.05) is 0 Å². The largest absolute Gasteiger partial charge is 0.313 e. The molecular formula is C54H38N2. The van der Waals surface area contributed by atoms with Crippen LogP contribution in [-0.4, -0.2) is 9.13 Å². The number of allylic oxidation sites excluding steroid dienone is 13. The Hall–Kier alpha value is -6.64. The van der Waals surface area contributed by atoms with E-state index < -0.39 is 0 Å². The van der Waals surface area contributed by atoms with Crippen LogP contribution in [0, 0.1) is 11.8 Å². The fourth-order valence-electron chi connectivity index (χ4n) is 11.1. The predicted octanol–water partition coefficient (Wildman–Crippen LogP) is 13.6. The van der Waals surface area contributed by atoms with E-state index in [1.54, 1.807) is 0 Å². The van der Waals surface area contributed by atoms with E-state index in [4.69, 9.17) is 0 Å². The summed E-state index contributed by atoms with van der Waals surface area (Å²) >= 11 is 0. The van der Waals surface area contributed by atoms with Crippen molar-refractivity contribution in [1.29, 1.82) is 0 Å². The fourth-order valence-corrected chi connectivity index (χ4v) is 11.1. The van der Waals surface area contributed by atoms with Crippen molar-refractivity contribution in [2.24, 2.45) is 11.8 Å². The van der Waals surface area contributed by atoms with E-state index in [0.29, 0.717) is 23.7 Å². The summed E-state index contributed by atoms with van der Waals surface area (Å²) in [4.78, 5) is 0. The Morgan fingerprint density at radius 3 is 2.21 bits per heavy atom. The van der Waals surface area contributed by atoms with Crippen LogP contribution in [0.5, 0.6) is 0 Å². The highest BCUT2D eigenvalue weighted by atomic mass is 15.0. The number of benzene rings is 6. The van der Waals surface area contributed by atoms with Crippen LogP contribution in [0.2, 0.25) is 0 Å². The molecule has 2 heterocycles. The molecule has 56 heavy (non-hydrogen) atoms. The Morgan fingerprint density at radius 1 is 0.518 bits per heavy atom. The van der Waals surface area contributed by atoms with Gasteiger partial charge in [-0.1, -0.05) is 134 Å². The average Bonchev–Trinajstić information content (AvgIpc) is 3.89. The monoisotopic (exact) mass is 714 g/mol. The maximum Gasteiger partial charge on any atom is 0.0538 e. The van der Waals surface area contributed by atoms with Gasteiger partial charge in [0.25, 0.3) is 0 Å². The summed E-state index contributed by atoms with van der Waals surface area (Å²) in [6.07, 6.45) is 27.9. The zero-order valence-electron chi connectivity index (χ0n) is 30.9. The quantitative estimate of drug-likeness (QED) is 0.161. The van der Waals surface area contributed by atoms with Gasteiger partial charge in [-0.2, -0.15) is 0 Å². The van der Waals surface area contributed by atoms with Gasteiger partial charge in [0.05, 0.1) is 16.6 Å². The van der Waals surface area contributed by atoms with Crippen molar-refractivity contribution in [1.82, 2.24) is 9.13 Å². The zero-order chi connectivity index (χ0) is 36.5. The number of rotatable bonds is 3. The van der Waals surface area contributed by atoms with Gasteiger partial charge in [-0.25, -0.2) is 0 Å². The van der Waals surface area contributed by atoms with E-state index in [2.05, 4.69) is 191 Å². The molecule has 0 aliphatic heterocycles. The van der Waals surface area contributed by atoms with Crippen molar-refractivity contribution < 1.29 is 0 Å². The third kappa shape index (κ3) is 4.16. The Kier molecular flexibility index (Phi) is 6.27. The van der Waals surface area contributed by atoms with E-state index in [1.165, 1.54) is 99.2 Å². The Balaban J connectivity index is 0.934. The molecule has 0 saturated heterocycles. The number of aromatic nitrogens is 2.